The average Bonchev–Trinajstić information content (AvgIpc) is 3.00. The van der Waals surface area contributed by atoms with Crippen LogP contribution in [0.5, 0.6) is 0 Å². The van der Waals surface area contributed by atoms with Crippen molar-refractivity contribution in [3.05, 3.63) is 42.2 Å². The highest BCUT2D eigenvalue weighted by atomic mass is 16.3. The molecule has 1 amide bonds. The molecule has 6 nitrogen and oxygen atoms in total. The first-order chi connectivity index (χ1) is 11.1. The van der Waals surface area contributed by atoms with Gasteiger partial charge in [0.1, 0.15) is 17.3 Å². The zero-order chi connectivity index (χ0) is 16.2. The maximum absolute atomic E-state index is 12.7. The maximum Gasteiger partial charge on any atom is 0.227 e. The van der Waals surface area contributed by atoms with Gasteiger partial charge in [0.05, 0.1) is 18.7 Å². The van der Waals surface area contributed by atoms with Crippen LogP contribution >= 0.6 is 0 Å². The van der Waals surface area contributed by atoms with Gasteiger partial charge in [-0.1, -0.05) is 0 Å². The molecule has 2 aromatic heterocycles. The zero-order valence-electron chi connectivity index (χ0n) is 13.6. The third-order valence-electron chi connectivity index (χ3n) is 4.21. The van der Waals surface area contributed by atoms with Gasteiger partial charge in [0, 0.05) is 32.5 Å². The first-order valence-electron chi connectivity index (χ1n) is 7.95. The first-order valence-corrected chi connectivity index (χ1v) is 7.95. The van der Waals surface area contributed by atoms with E-state index in [1.54, 1.807) is 23.5 Å². The van der Waals surface area contributed by atoms with E-state index < -0.39 is 0 Å². The van der Waals surface area contributed by atoms with Crippen molar-refractivity contribution in [1.82, 2.24) is 14.9 Å². The predicted octanol–water partition coefficient (Wildman–Crippen LogP) is 2.25. The van der Waals surface area contributed by atoms with Gasteiger partial charge in [0.25, 0.3) is 0 Å². The van der Waals surface area contributed by atoms with Gasteiger partial charge >= 0.3 is 0 Å². The van der Waals surface area contributed by atoms with Gasteiger partial charge in [-0.2, -0.15) is 0 Å². The highest BCUT2D eigenvalue weighted by Crippen LogP contribution is 2.23. The van der Waals surface area contributed by atoms with Crippen molar-refractivity contribution >= 4 is 11.7 Å². The summed E-state index contributed by atoms with van der Waals surface area (Å²) < 4.78 is 5.56. The van der Waals surface area contributed by atoms with Gasteiger partial charge in [-0.3, -0.25) is 9.78 Å². The number of amides is 1. The molecule has 0 radical (unpaired) electrons. The fourth-order valence-corrected chi connectivity index (χ4v) is 3.03. The number of piperidine rings is 1. The summed E-state index contributed by atoms with van der Waals surface area (Å²) in [4.78, 5) is 25.0. The molecule has 122 valence electrons. The molecule has 1 aliphatic heterocycles. The molecule has 1 fully saturated rings. The molecule has 23 heavy (non-hydrogen) atoms. The number of carbonyl (C=O) groups is 1. The number of hydrogen-bond donors (Lipinski definition) is 0. The van der Waals surface area contributed by atoms with Crippen molar-refractivity contribution in [3.8, 4) is 0 Å². The molecule has 0 N–H and O–H groups in total. The highest BCUT2D eigenvalue weighted by molar-refractivity contribution is 5.79. The highest BCUT2D eigenvalue weighted by Gasteiger charge is 2.29. The fourth-order valence-electron chi connectivity index (χ4n) is 3.03. The molecule has 6 heteroatoms. The van der Waals surface area contributed by atoms with Gasteiger partial charge in [-0.05, 0) is 31.9 Å². The Balaban J connectivity index is 1.62. The van der Waals surface area contributed by atoms with Gasteiger partial charge in [0.15, 0.2) is 0 Å². The summed E-state index contributed by atoms with van der Waals surface area (Å²) in [5.74, 6) is 2.68. The van der Waals surface area contributed by atoms with E-state index in [1.165, 1.54) is 0 Å². The van der Waals surface area contributed by atoms with Crippen LogP contribution in [0.4, 0.5) is 5.82 Å². The van der Waals surface area contributed by atoms with Crippen molar-refractivity contribution in [2.45, 2.75) is 26.3 Å². The fraction of sp³-hybridized carbons (Fsp3) is 0.471. The second-order valence-corrected chi connectivity index (χ2v) is 6.06. The standard InChI is InChI=1S/C17H22N4O2/c1-13-5-6-15(23-13)12-20(2)17(22)14-4-3-9-21(11-14)16-10-18-7-8-19-16/h5-8,10,14H,3-4,9,11-12H2,1-2H3. The molecule has 1 atom stereocenters. The quantitative estimate of drug-likeness (QED) is 0.866. The number of furan rings is 1. The third kappa shape index (κ3) is 3.70. The van der Waals surface area contributed by atoms with Crippen LogP contribution in [0.1, 0.15) is 24.4 Å². The smallest absolute Gasteiger partial charge is 0.227 e. The average molecular weight is 314 g/mol. The zero-order valence-corrected chi connectivity index (χ0v) is 13.6. The summed E-state index contributed by atoms with van der Waals surface area (Å²) in [6, 6.07) is 3.84. The molecule has 1 saturated heterocycles. The Bertz CT molecular complexity index is 656. The van der Waals surface area contributed by atoms with Crippen LogP contribution in [0, 0.1) is 12.8 Å². The second-order valence-electron chi connectivity index (χ2n) is 6.06. The molecular formula is C17H22N4O2. The normalized spacial score (nSPS) is 18.0. The van der Waals surface area contributed by atoms with Crippen LogP contribution in [0.3, 0.4) is 0 Å². The van der Waals surface area contributed by atoms with Gasteiger partial charge in [-0.15, -0.1) is 0 Å². The van der Waals surface area contributed by atoms with Crippen LogP contribution in [-0.2, 0) is 11.3 Å². The number of aromatic nitrogens is 2. The molecular weight excluding hydrogens is 292 g/mol. The van der Waals surface area contributed by atoms with E-state index in [0.717, 1.165) is 36.7 Å². The van der Waals surface area contributed by atoms with Crippen molar-refractivity contribution in [1.29, 1.82) is 0 Å². The van der Waals surface area contributed by atoms with Crippen LogP contribution in [-0.4, -0.2) is 40.9 Å². The number of rotatable bonds is 4. The molecule has 1 unspecified atom stereocenters. The number of aryl methyl sites for hydroxylation is 1. The minimum atomic E-state index is -0.00758. The minimum Gasteiger partial charge on any atom is -0.464 e. The molecule has 0 bridgehead atoms. The van der Waals surface area contributed by atoms with Crippen LogP contribution in [0.15, 0.2) is 35.1 Å². The van der Waals surface area contributed by atoms with Gasteiger partial charge in [-0.25, -0.2) is 4.98 Å². The van der Waals surface area contributed by atoms with Gasteiger partial charge in [0.2, 0.25) is 5.91 Å². The summed E-state index contributed by atoms with van der Waals surface area (Å²) >= 11 is 0. The lowest BCUT2D eigenvalue weighted by molar-refractivity contribution is -0.135. The molecule has 0 aromatic carbocycles. The topological polar surface area (TPSA) is 62.5 Å². The molecule has 0 aliphatic carbocycles. The van der Waals surface area contributed by atoms with Crippen molar-refractivity contribution < 1.29 is 9.21 Å². The summed E-state index contributed by atoms with van der Waals surface area (Å²) in [5, 5.41) is 0. The monoisotopic (exact) mass is 314 g/mol. The number of carbonyl (C=O) groups excluding carboxylic acids is 1. The van der Waals surface area contributed by atoms with Crippen molar-refractivity contribution in [3.63, 3.8) is 0 Å². The third-order valence-corrected chi connectivity index (χ3v) is 4.21. The lowest BCUT2D eigenvalue weighted by atomic mass is 9.96. The number of anilines is 1. The molecule has 1 aliphatic rings. The lowest BCUT2D eigenvalue weighted by Crippen LogP contribution is -2.43. The number of hydrogen-bond acceptors (Lipinski definition) is 5. The first kappa shape index (κ1) is 15.5. The van der Waals surface area contributed by atoms with E-state index in [2.05, 4.69) is 14.9 Å². The van der Waals surface area contributed by atoms with Crippen LogP contribution in [0.2, 0.25) is 0 Å². The molecule has 3 heterocycles. The lowest BCUT2D eigenvalue weighted by Gasteiger charge is -2.34. The largest absolute Gasteiger partial charge is 0.464 e. The van der Waals surface area contributed by atoms with E-state index >= 15 is 0 Å². The molecule has 0 saturated carbocycles. The summed E-state index contributed by atoms with van der Waals surface area (Å²) in [6.07, 6.45) is 7.00. The van der Waals surface area contributed by atoms with E-state index in [-0.39, 0.29) is 11.8 Å². The van der Waals surface area contributed by atoms with Crippen molar-refractivity contribution in [2.24, 2.45) is 5.92 Å². The SMILES string of the molecule is Cc1ccc(CN(C)C(=O)C2CCCN(c3cnccn3)C2)o1. The Kier molecular flexibility index (Phi) is 4.60. The minimum absolute atomic E-state index is 0.00758. The summed E-state index contributed by atoms with van der Waals surface area (Å²) in [7, 11) is 1.83. The maximum atomic E-state index is 12.7. The van der Waals surface area contributed by atoms with E-state index in [0.29, 0.717) is 13.1 Å². The van der Waals surface area contributed by atoms with E-state index in [1.807, 2.05) is 26.1 Å². The Morgan fingerprint density at radius 2 is 2.30 bits per heavy atom. The van der Waals surface area contributed by atoms with Gasteiger partial charge < -0.3 is 14.2 Å². The van der Waals surface area contributed by atoms with E-state index in [4.69, 9.17) is 4.42 Å². The van der Waals surface area contributed by atoms with Crippen LogP contribution in [0.25, 0.3) is 0 Å². The van der Waals surface area contributed by atoms with E-state index in [9.17, 15) is 4.79 Å². The summed E-state index contributed by atoms with van der Waals surface area (Å²) in [5.41, 5.74) is 0. The Morgan fingerprint density at radius 1 is 1.43 bits per heavy atom. The Labute approximate surface area is 136 Å². The molecule has 0 spiro atoms. The molecule has 3 rings (SSSR count). The Hall–Kier alpha value is -2.37. The Morgan fingerprint density at radius 3 is 3.00 bits per heavy atom. The van der Waals surface area contributed by atoms with Crippen LogP contribution < -0.4 is 4.90 Å². The molecule has 2 aromatic rings. The second kappa shape index (κ2) is 6.81. The predicted molar refractivity (Wildman–Crippen MR) is 86.9 cm³/mol. The van der Waals surface area contributed by atoms with Crippen molar-refractivity contribution in [2.75, 3.05) is 25.0 Å². The number of nitrogens with zero attached hydrogens (tertiary/aromatic N) is 4. The summed E-state index contributed by atoms with van der Waals surface area (Å²) in [6.45, 7) is 4.03.